The smallest absolute Gasteiger partial charge is 0.266 e. The maximum atomic E-state index is 13.5. The van der Waals surface area contributed by atoms with Gasteiger partial charge in [-0.15, -0.1) is 21.5 Å². The normalized spacial score (nSPS) is 17.5. The minimum absolute atomic E-state index is 0.0371. The first-order valence-electron chi connectivity index (χ1n) is 11.5. The maximum absolute atomic E-state index is 13.5. The molecule has 0 radical (unpaired) electrons. The monoisotopic (exact) mass is 489 g/mol. The van der Waals surface area contributed by atoms with Gasteiger partial charge in [0.1, 0.15) is 16.5 Å². The largest absolute Gasteiger partial charge is 0.417 e. The van der Waals surface area contributed by atoms with E-state index in [4.69, 9.17) is 15.9 Å². The first kappa shape index (κ1) is 23.1. The molecule has 4 heterocycles. The number of carbonyl (C=O) groups is 1. The van der Waals surface area contributed by atoms with Crippen LogP contribution in [0.4, 0.5) is 5.82 Å². The van der Waals surface area contributed by atoms with E-state index in [0.29, 0.717) is 24.2 Å². The van der Waals surface area contributed by atoms with Crippen LogP contribution >= 0.6 is 11.3 Å². The Labute approximate surface area is 207 Å². The zero-order chi connectivity index (χ0) is 24.6. The van der Waals surface area contributed by atoms with Crippen molar-refractivity contribution in [3.05, 3.63) is 75.6 Å². The van der Waals surface area contributed by atoms with Crippen LogP contribution in [-0.2, 0) is 12.0 Å². The molecule has 1 aromatic carbocycles. The first-order valence-corrected chi connectivity index (χ1v) is 12.4. The average molecular weight is 490 g/mol. The molecule has 1 amide bonds. The minimum atomic E-state index is -0.875. The molecule has 1 saturated heterocycles. The fourth-order valence-corrected chi connectivity index (χ4v) is 5.34. The fraction of sp³-hybridized carbons (Fsp3) is 0.320. The van der Waals surface area contributed by atoms with Crippen LogP contribution in [0.25, 0.3) is 11.6 Å². The van der Waals surface area contributed by atoms with Crippen LogP contribution in [0, 0.1) is 6.92 Å². The Kier molecular flexibility index (Phi) is 6.08. The number of carbonyl (C=O) groups excluding carboxylic acids is 1. The van der Waals surface area contributed by atoms with Crippen molar-refractivity contribution in [3.63, 3.8) is 0 Å². The number of anilines is 1. The quantitative estimate of drug-likeness (QED) is 0.416. The van der Waals surface area contributed by atoms with Gasteiger partial charge in [-0.05, 0) is 50.8 Å². The lowest BCUT2D eigenvalue weighted by atomic mass is 9.94. The fourth-order valence-electron chi connectivity index (χ4n) is 4.40. The molecule has 9 nitrogen and oxygen atoms in total. The van der Waals surface area contributed by atoms with Crippen molar-refractivity contribution in [3.8, 4) is 11.6 Å². The Hall–Kier alpha value is -3.63. The van der Waals surface area contributed by atoms with Crippen molar-refractivity contribution < 1.29 is 9.21 Å². The Bertz CT molecular complexity index is 1350. The number of likely N-dealkylation sites (tertiary alicyclic amines) is 1. The third kappa shape index (κ3) is 4.80. The number of hydrogen-bond donors (Lipinski definition) is 2. The summed E-state index contributed by atoms with van der Waals surface area (Å²) in [4.78, 5) is 24.3. The van der Waals surface area contributed by atoms with Crippen LogP contribution in [0.1, 0.15) is 58.3 Å². The molecule has 1 aliphatic heterocycles. The lowest BCUT2D eigenvalue weighted by Crippen LogP contribution is -2.35. The van der Waals surface area contributed by atoms with E-state index in [2.05, 4.69) is 20.2 Å². The molecule has 1 aliphatic rings. The predicted molar refractivity (Wildman–Crippen MR) is 133 cm³/mol. The molecule has 1 fully saturated rings. The standard InChI is InChI=1S/C25H27N7O2S/c1-15-14-35-22(28-15)19-9-6-10-32(19)23(33)17-11-18(29-20(26)12-17)21-30-31-24(34-21)25(2,27)13-16-7-4-3-5-8-16/h3-5,7-8,11-12,14,19H,6,9-10,13,27H2,1-2H3,(H2,26,29). The van der Waals surface area contributed by atoms with E-state index < -0.39 is 5.54 Å². The van der Waals surface area contributed by atoms with Gasteiger partial charge in [-0.3, -0.25) is 4.79 Å². The minimum Gasteiger partial charge on any atom is -0.417 e. The van der Waals surface area contributed by atoms with E-state index in [1.807, 2.05) is 54.5 Å². The summed E-state index contributed by atoms with van der Waals surface area (Å²) in [5.74, 6) is 0.529. The maximum Gasteiger partial charge on any atom is 0.266 e. The zero-order valence-electron chi connectivity index (χ0n) is 19.6. The molecule has 2 unspecified atom stereocenters. The highest BCUT2D eigenvalue weighted by Gasteiger charge is 2.33. The van der Waals surface area contributed by atoms with Crippen molar-refractivity contribution in [2.75, 3.05) is 12.3 Å². The number of nitrogens with two attached hydrogens (primary N) is 2. The summed E-state index contributed by atoms with van der Waals surface area (Å²) in [6, 6.07) is 13.1. The van der Waals surface area contributed by atoms with Crippen molar-refractivity contribution in [2.24, 2.45) is 5.73 Å². The topological polar surface area (TPSA) is 137 Å². The van der Waals surface area contributed by atoms with Crippen molar-refractivity contribution in [2.45, 2.75) is 44.7 Å². The second-order valence-electron chi connectivity index (χ2n) is 9.14. The molecule has 4 N–H and O–H groups in total. The van der Waals surface area contributed by atoms with Crippen molar-refractivity contribution in [1.29, 1.82) is 0 Å². The van der Waals surface area contributed by atoms with E-state index in [1.165, 1.54) is 0 Å². The molecule has 3 aromatic heterocycles. The molecular formula is C25H27N7O2S. The summed E-state index contributed by atoms with van der Waals surface area (Å²) < 4.78 is 5.92. The lowest BCUT2D eigenvalue weighted by molar-refractivity contribution is 0.0735. The molecule has 180 valence electrons. The van der Waals surface area contributed by atoms with Gasteiger partial charge in [0.25, 0.3) is 11.8 Å². The number of thiazole rings is 1. The van der Waals surface area contributed by atoms with Crippen molar-refractivity contribution in [1.82, 2.24) is 25.1 Å². The molecule has 0 aliphatic carbocycles. The SMILES string of the molecule is Cc1csc(C2CCCN2C(=O)c2cc(N)nc(-c3nnc(C(C)(N)Cc4ccccc4)o3)c2)n1. The number of hydrogen-bond acceptors (Lipinski definition) is 9. The second-order valence-corrected chi connectivity index (χ2v) is 10.0. The van der Waals surface area contributed by atoms with E-state index in [-0.39, 0.29) is 29.5 Å². The highest BCUT2D eigenvalue weighted by atomic mass is 32.1. The van der Waals surface area contributed by atoms with Gasteiger partial charge < -0.3 is 20.8 Å². The van der Waals surface area contributed by atoms with Gasteiger partial charge in [0.15, 0.2) is 0 Å². The van der Waals surface area contributed by atoms with Gasteiger partial charge in [0, 0.05) is 23.2 Å². The summed E-state index contributed by atoms with van der Waals surface area (Å²) in [7, 11) is 0. The molecule has 0 spiro atoms. The third-order valence-electron chi connectivity index (χ3n) is 6.07. The van der Waals surface area contributed by atoms with Gasteiger partial charge >= 0.3 is 0 Å². The number of benzene rings is 1. The first-order chi connectivity index (χ1) is 16.8. The molecule has 10 heteroatoms. The molecule has 35 heavy (non-hydrogen) atoms. The molecular weight excluding hydrogens is 462 g/mol. The molecule has 2 atom stereocenters. The van der Waals surface area contributed by atoms with Crippen LogP contribution in [0.15, 0.2) is 52.3 Å². The van der Waals surface area contributed by atoms with Crippen molar-refractivity contribution >= 4 is 23.1 Å². The number of nitrogen functional groups attached to an aromatic ring is 1. The Morgan fingerprint density at radius 1 is 1.23 bits per heavy atom. The highest BCUT2D eigenvalue weighted by Crippen LogP contribution is 2.35. The number of pyridine rings is 1. The van der Waals surface area contributed by atoms with Crippen LogP contribution < -0.4 is 11.5 Å². The van der Waals surface area contributed by atoms with Gasteiger partial charge in [-0.1, -0.05) is 30.3 Å². The molecule has 4 aromatic rings. The number of aryl methyl sites for hydroxylation is 1. The Morgan fingerprint density at radius 2 is 2.03 bits per heavy atom. The summed E-state index contributed by atoms with van der Waals surface area (Å²) in [6.45, 7) is 4.46. The van der Waals surface area contributed by atoms with Gasteiger partial charge in [0.2, 0.25) is 5.89 Å². The highest BCUT2D eigenvalue weighted by molar-refractivity contribution is 7.09. The number of nitrogens with zero attached hydrogens (tertiary/aromatic N) is 5. The number of rotatable bonds is 6. The molecule has 0 saturated carbocycles. The number of amides is 1. The Morgan fingerprint density at radius 3 is 2.77 bits per heavy atom. The number of aromatic nitrogens is 4. The molecule has 5 rings (SSSR count). The van der Waals surface area contributed by atoms with Crippen LogP contribution in [0.3, 0.4) is 0 Å². The van der Waals surface area contributed by atoms with Gasteiger partial charge in [-0.2, -0.15) is 0 Å². The van der Waals surface area contributed by atoms with Gasteiger partial charge in [-0.25, -0.2) is 9.97 Å². The molecule has 0 bridgehead atoms. The van der Waals surface area contributed by atoms with Gasteiger partial charge in [0.05, 0.1) is 11.6 Å². The summed E-state index contributed by atoms with van der Waals surface area (Å²) >= 11 is 1.58. The second kappa shape index (κ2) is 9.20. The summed E-state index contributed by atoms with van der Waals surface area (Å²) in [6.07, 6.45) is 2.33. The summed E-state index contributed by atoms with van der Waals surface area (Å²) in [5, 5.41) is 11.3. The average Bonchev–Trinajstić information content (AvgIpc) is 3.59. The Balaban J connectivity index is 1.40. The lowest BCUT2D eigenvalue weighted by Gasteiger charge is -2.23. The van der Waals surface area contributed by atoms with E-state index in [0.717, 1.165) is 29.1 Å². The predicted octanol–water partition coefficient (Wildman–Crippen LogP) is 3.87. The van der Waals surface area contributed by atoms with Crippen LogP contribution in [-0.4, -0.2) is 37.5 Å². The zero-order valence-corrected chi connectivity index (χ0v) is 20.5. The van der Waals surface area contributed by atoms with Crippen LogP contribution in [0.5, 0.6) is 0 Å². The van der Waals surface area contributed by atoms with E-state index in [9.17, 15) is 4.79 Å². The van der Waals surface area contributed by atoms with E-state index in [1.54, 1.807) is 23.5 Å². The summed E-state index contributed by atoms with van der Waals surface area (Å²) in [5.41, 5.74) is 14.5. The van der Waals surface area contributed by atoms with Crippen LogP contribution in [0.2, 0.25) is 0 Å². The third-order valence-corrected chi connectivity index (χ3v) is 7.14. The van der Waals surface area contributed by atoms with E-state index >= 15 is 0 Å².